The highest BCUT2D eigenvalue weighted by molar-refractivity contribution is 6.30. The van der Waals surface area contributed by atoms with Gasteiger partial charge >= 0.3 is 0 Å². The minimum absolute atomic E-state index is 0.327. The van der Waals surface area contributed by atoms with Gasteiger partial charge in [-0.1, -0.05) is 23.7 Å². The van der Waals surface area contributed by atoms with Crippen LogP contribution in [0.25, 0.3) is 0 Å². The fraction of sp³-hybridized carbons (Fsp3) is 0.556. The SMILES string of the molecule is FC1CC(c2ccc(Cl)cc2)(c2nnc(C3CC3)n2C2CC2)C1. The summed E-state index contributed by atoms with van der Waals surface area (Å²) in [6, 6.07) is 8.36. The molecule has 23 heavy (non-hydrogen) atoms. The summed E-state index contributed by atoms with van der Waals surface area (Å²) < 4.78 is 16.3. The summed E-state index contributed by atoms with van der Waals surface area (Å²) in [6.07, 6.45) is 5.07. The summed E-state index contributed by atoms with van der Waals surface area (Å²) >= 11 is 6.04. The number of hydrogen-bond acceptors (Lipinski definition) is 2. The van der Waals surface area contributed by atoms with Crippen molar-refractivity contribution in [2.45, 2.75) is 62.1 Å². The molecular weight excluding hydrogens is 313 g/mol. The van der Waals surface area contributed by atoms with Gasteiger partial charge in [-0.15, -0.1) is 10.2 Å². The average Bonchev–Trinajstić information content (AvgIpc) is 3.43. The van der Waals surface area contributed by atoms with Crippen molar-refractivity contribution in [3.8, 4) is 0 Å². The van der Waals surface area contributed by atoms with E-state index in [9.17, 15) is 4.39 Å². The standard InChI is InChI=1S/C18H19ClFN3/c19-13-5-3-12(4-6-13)18(9-14(20)10-18)17-22-21-16(11-1-2-11)23(17)15-7-8-15/h3-6,11,14-15H,1-2,7-10H2. The zero-order chi connectivity index (χ0) is 15.6. The van der Waals surface area contributed by atoms with Gasteiger partial charge in [0.25, 0.3) is 0 Å². The molecule has 0 amide bonds. The molecule has 1 aromatic heterocycles. The van der Waals surface area contributed by atoms with Crippen LogP contribution in [0.2, 0.25) is 5.02 Å². The lowest BCUT2D eigenvalue weighted by atomic mass is 9.62. The second-order valence-corrected chi connectivity index (χ2v) is 7.79. The largest absolute Gasteiger partial charge is 0.311 e. The van der Waals surface area contributed by atoms with Crippen molar-refractivity contribution >= 4 is 11.6 Å². The van der Waals surface area contributed by atoms with Crippen molar-refractivity contribution < 1.29 is 4.39 Å². The average molecular weight is 332 g/mol. The van der Waals surface area contributed by atoms with Gasteiger partial charge in [-0.3, -0.25) is 0 Å². The van der Waals surface area contributed by atoms with Gasteiger partial charge in [-0.25, -0.2) is 4.39 Å². The summed E-state index contributed by atoms with van der Waals surface area (Å²) in [5.41, 5.74) is 0.791. The smallest absolute Gasteiger partial charge is 0.144 e. The lowest BCUT2D eigenvalue weighted by Gasteiger charge is -2.44. The summed E-state index contributed by atoms with van der Waals surface area (Å²) in [5, 5.41) is 9.81. The van der Waals surface area contributed by atoms with E-state index in [1.54, 1.807) is 0 Å². The molecule has 5 rings (SSSR count). The Hall–Kier alpha value is -1.42. The van der Waals surface area contributed by atoms with E-state index in [4.69, 9.17) is 11.6 Å². The van der Waals surface area contributed by atoms with Crippen molar-refractivity contribution in [3.63, 3.8) is 0 Å². The zero-order valence-corrected chi connectivity index (χ0v) is 13.6. The first kappa shape index (κ1) is 14.0. The maximum absolute atomic E-state index is 13.9. The molecular formula is C18H19ClFN3. The van der Waals surface area contributed by atoms with Crippen LogP contribution in [-0.2, 0) is 5.41 Å². The highest BCUT2D eigenvalue weighted by atomic mass is 35.5. The van der Waals surface area contributed by atoms with Crippen LogP contribution in [0.3, 0.4) is 0 Å². The quantitative estimate of drug-likeness (QED) is 0.822. The topological polar surface area (TPSA) is 30.7 Å². The summed E-state index contributed by atoms with van der Waals surface area (Å²) in [6.45, 7) is 0. The zero-order valence-electron chi connectivity index (χ0n) is 12.9. The number of aromatic nitrogens is 3. The summed E-state index contributed by atoms with van der Waals surface area (Å²) in [4.78, 5) is 0. The first-order valence-corrected chi connectivity index (χ1v) is 8.90. The predicted octanol–water partition coefficient (Wildman–Crippen LogP) is 4.56. The van der Waals surface area contributed by atoms with Gasteiger partial charge in [0.05, 0.1) is 5.41 Å². The molecule has 0 atom stereocenters. The summed E-state index contributed by atoms with van der Waals surface area (Å²) in [5.74, 6) is 2.69. The third kappa shape index (κ3) is 2.14. The van der Waals surface area contributed by atoms with Crippen LogP contribution in [0.15, 0.2) is 24.3 Å². The lowest BCUT2D eigenvalue weighted by molar-refractivity contribution is 0.113. The highest BCUT2D eigenvalue weighted by Crippen LogP contribution is 2.53. The maximum atomic E-state index is 13.9. The van der Waals surface area contributed by atoms with Gasteiger partial charge in [-0.05, 0) is 56.2 Å². The van der Waals surface area contributed by atoms with Crippen LogP contribution in [0, 0.1) is 0 Å². The highest BCUT2D eigenvalue weighted by Gasteiger charge is 2.52. The molecule has 120 valence electrons. The molecule has 0 bridgehead atoms. The van der Waals surface area contributed by atoms with Crippen LogP contribution in [-0.4, -0.2) is 20.9 Å². The van der Waals surface area contributed by atoms with Crippen LogP contribution in [0.5, 0.6) is 0 Å². The van der Waals surface area contributed by atoms with Crippen LogP contribution in [0.4, 0.5) is 4.39 Å². The maximum Gasteiger partial charge on any atom is 0.144 e. The van der Waals surface area contributed by atoms with Gasteiger partial charge in [0, 0.05) is 17.0 Å². The Morgan fingerprint density at radius 2 is 1.74 bits per heavy atom. The molecule has 3 aliphatic carbocycles. The fourth-order valence-electron chi connectivity index (χ4n) is 3.96. The van der Waals surface area contributed by atoms with Gasteiger partial charge < -0.3 is 4.57 Å². The minimum atomic E-state index is -0.751. The van der Waals surface area contributed by atoms with E-state index >= 15 is 0 Å². The molecule has 0 N–H and O–H groups in total. The molecule has 2 aromatic rings. The lowest BCUT2D eigenvalue weighted by Crippen LogP contribution is -2.45. The molecule has 0 saturated heterocycles. The number of halogens is 2. The van der Waals surface area contributed by atoms with E-state index in [1.807, 2.05) is 24.3 Å². The molecule has 3 saturated carbocycles. The van der Waals surface area contributed by atoms with E-state index in [0.29, 0.717) is 29.8 Å². The van der Waals surface area contributed by atoms with E-state index < -0.39 is 6.17 Å². The second kappa shape index (κ2) is 4.79. The first-order chi connectivity index (χ1) is 11.2. The molecule has 5 heteroatoms. The van der Waals surface area contributed by atoms with Crippen LogP contribution < -0.4 is 0 Å². The van der Waals surface area contributed by atoms with E-state index in [1.165, 1.54) is 25.7 Å². The van der Waals surface area contributed by atoms with Crippen LogP contribution in [0.1, 0.15) is 67.7 Å². The molecule has 3 nitrogen and oxygen atoms in total. The Bertz CT molecular complexity index is 740. The molecule has 1 aromatic carbocycles. The Balaban J connectivity index is 1.64. The van der Waals surface area contributed by atoms with E-state index in [0.717, 1.165) is 17.2 Å². The first-order valence-electron chi connectivity index (χ1n) is 8.53. The molecule has 0 aliphatic heterocycles. The van der Waals surface area contributed by atoms with Crippen molar-refractivity contribution in [1.29, 1.82) is 0 Å². The van der Waals surface area contributed by atoms with Crippen molar-refractivity contribution in [2.75, 3.05) is 0 Å². The molecule has 0 radical (unpaired) electrons. The third-order valence-corrected chi connectivity index (χ3v) is 5.79. The normalized spacial score (nSPS) is 30.3. The fourth-order valence-corrected chi connectivity index (χ4v) is 4.08. The predicted molar refractivity (Wildman–Crippen MR) is 86.6 cm³/mol. The number of hydrogen-bond donors (Lipinski definition) is 0. The Morgan fingerprint density at radius 1 is 1.04 bits per heavy atom. The number of alkyl halides is 1. The summed E-state index contributed by atoms with van der Waals surface area (Å²) in [7, 11) is 0. The van der Waals surface area contributed by atoms with Gasteiger partial charge in [-0.2, -0.15) is 0 Å². The van der Waals surface area contributed by atoms with Crippen LogP contribution >= 0.6 is 11.6 Å². The number of benzene rings is 1. The third-order valence-electron chi connectivity index (χ3n) is 5.54. The van der Waals surface area contributed by atoms with Gasteiger partial charge in [0.2, 0.25) is 0 Å². The Morgan fingerprint density at radius 3 is 2.30 bits per heavy atom. The monoisotopic (exact) mass is 331 g/mol. The van der Waals surface area contributed by atoms with Crippen molar-refractivity contribution in [2.24, 2.45) is 0 Å². The molecule has 3 fully saturated rings. The number of rotatable bonds is 4. The molecule has 3 aliphatic rings. The Labute approximate surface area is 139 Å². The minimum Gasteiger partial charge on any atom is -0.311 e. The van der Waals surface area contributed by atoms with Crippen molar-refractivity contribution in [3.05, 3.63) is 46.5 Å². The van der Waals surface area contributed by atoms with E-state index in [-0.39, 0.29) is 5.41 Å². The number of nitrogens with zero attached hydrogens (tertiary/aromatic N) is 3. The molecule has 0 unspecified atom stereocenters. The van der Waals surface area contributed by atoms with Crippen molar-refractivity contribution in [1.82, 2.24) is 14.8 Å². The van der Waals surface area contributed by atoms with E-state index in [2.05, 4.69) is 14.8 Å². The Kier molecular flexibility index (Phi) is 2.91. The second-order valence-electron chi connectivity index (χ2n) is 7.35. The molecule has 0 spiro atoms. The van der Waals surface area contributed by atoms with Gasteiger partial charge in [0.15, 0.2) is 0 Å². The van der Waals surface area contributed by atoms with Gasteiger partial charge in [0.1, 0.15) is 17.8 Å². The molecule has 1 heterocycles.